The van der Waals surface area contributed by atoms with Gasteiger partial charge in [-0.25, -0.2) is 0 Å². The highest BCUT2D eigenvalue weighted by Gasteiger charge is 2.37. The zero-order chi connectivity index (χ0) is 23.3. The molecule has 1 fully saturated rings. The van der Waals surface area contributed by atoms with Gasteiger partial charge in [0.1, 0.15) is 5.75 Å². The second kappa shape index (κ2) is 10.3. The van der Waals surface area contributed by atoms with Crippen LogP contribution in [0.3, 0.4) is 0 Å². The Morgan fingerprint density at radius 1 is 1.22 bits per heavy atom. The highest BCUT2D eigenvalue weighted by Crippen LogP contribution is 2.39. The van der Waals surface area contributed by atoms with E-state index in [4.69, 9.17) is 4.74 Å². The molecular formula is C26H36N2O4. The van der Waals surface area contributed by atoms with E-state index in [-0.39, 0.29) is 18.4 Å². The molecule has 3 N–H and O–H groups in total. The lowest BCUT2D eigenvalue weighted by Gasteiger charge is -2.36. The maximum Gasteiger partial charge on any atom is 0.303 e. The van der Waals surface area contributed by atoms with Crippen LogP contribution in [-0.2, 0) is 4.79 Å². The van der Waals surface area contributed by atoms with E-state index >= 15 is 0 Å². The van der Waals surface area contributed by atoms with Crippen LogP contribution in [-0.4, -0.2) is 41.0 Å². The minimum atomic E-state index is -0.819. The van der Waals surface area contributed by atoms with Crippen molar-refractivity contribution in [2.45, 2.75) is 70.9 Å². The summed E-state index contributed by atoms with van der Waals surface area (Å²) in [6, 6.07) is 14.0. The van der Waals surface area contributed by atoms with E-state index in [1.54, 1.807) is 0 Å². The van der Waals surface area contributed by atoms with Gasteiger partial charge in [-0.3, -0.25) is 4.79 Å². The van der Waals surface area contributed by atoms with Gasteiger partial charge in [0.15, 0.2) is 0 Å². The van der Waals surface area contributed by atoms with E-state index in [9.17, 15) is 15.0 Å². The van der Waals surface area contributed by atoms with Crippen molar-refractivity contribution in [1.29, 1.82) is 0 Å². The Balaban J connectivity index is 1.99. The lowest BCUT2D eigenvalue weighted by molar-refractivity contribution is -0.137. The molecule has 2 atom stereocenters. The quantitative estimate of drug-likeness (QED) is 0.450. The van der Waals surface area contributed by atoms with Gasteiger partial charge in [0.2, 0.25) is 0 Å². The molecule has 1 saturated heterocycles. The summed E-state index contributed by atoms with van der Waals surface area (Å²) in [4.78, 5) is 13.6. The SMILES string of the molecule is CCOc1ccc(Nc2cc([C@H](CC)CC(=O)O)ccc2N2CCC[C@H]2C(C)(C)O)cc1. The maximum atomic E-state index is 11.4. The number of rotatable bonds is 10. The Kier molecular flexibility index (Phi) is 7.67. The minimum Gasteiger partial charge on any atom is -0.494 e. The van der Waals surface area contributed by atoms with Gasteiger partial charge in [-0.05, 0) is 87.9 Å². The van der Waals surface area contributed by atoms with Crippen LogP contribution in [0, 0.1) is 0 Å². The molecule has 0 aromatic heterocycles. The van der Waals surface area contributed by atoms with Crippen LogP contribution < -0.4 is 15.0 Å². The molecule has 0 radical (unpaired) electrons. The number of ether oxygens (including phenoxy) is 1. The summed E-state index contributed by atoms with van der Waals surface area (Å²) in [7, 11) is 0. The second-order valence-corrected chi connectivity index (χ2v) is 9.07. The van der Waals surface area contributed by atoms with Gasteiger partial charge >= 0.3 is 5.97 Å². The first-order valence-electron chi connectivity index (χ1n) is 11.6. The van der Waals surface area contributed by atoms with Gasteiger partial charge in [-0.15, -0.1) is 0 Å². The Morgan fingerprint density at radius 3 is 2.53 bits per heavy atom. The third-order valence-electron chi connectivity index (χ3n) is 6.23. The van der Waals surface area contributed by atoms with Crippen molar-refractivity contribution in [3.05, 3.63) is 48.0 Å². The lowest BCUT2D eigenvalue weighted by atomic mass is 9.91. The van der Waals surface area contributed by atoms with Crippen LogP contribution >= 0.6 is 0 Å². The number of hydrogen-bond acceptors (Lipinski definition) is 5. The average Bonchev–Trinajstić information content (AvgIpc) is 3.24. The largest absolute Gasteiger partial charge is 0.494 e. The van der Waals surface area contributed by atoms with Crippen molar-refractivity contribution in [2.24, 2.45) is 0 Å². The predicted octanol–water partition coefficient (Wildman–Crippen LogP) is 5.54. The Labute approximate surface area is 191 Å². The normalized spacial score (nSPS) is 17.3. The number of anilines is 3. The van der Waals surface area contributed by atoms with Gasteiger partial charge in [0.05, 0.1) is 36.0 Å². The Bertz CT molecular complexity index is 905. The number of nitrogens with zero attached hydrogens (tertiary/aromatic N) is 1. The molecule has 174 valence electrons. The standard InChI is InChI=1S/C26H36N2O4/c1-5-18(17-25(29)30)19-9-14-23(28-15-7-8-24(28)26(3,4)31)22(16-19)27-20-10-12-21(13-11-20)32-6-2/h9-14,16,18,24,27,31H,5-8,15,17H2,1-4H3,(H,29,30)/t18-,24+/m1/s1. The first-order chi connectivity index (χ1) is 15.2. The number of carbonyl (C=O) groups is 1. The number of nitrogens with one attached hydrogen (secondary N) is 1. The van der Waals surface area contributed by atoms with E-state index in [1.165, 1.54) is 0 Å². The van der Waals surface area contributed by atoms with Gasteiger partial charge in [0, 0.05) is 12.2 Å². The molecule has 1 heterocycles. The molecule has 0 aliphatic carbocycles. The molecule has 2 aromatic carbocycles. The molecule has 6 heteroatoms. The molecular weight excluding hydrogens is 404 g/mol. The van der Waals surface area contributed by atoms with Crippen molar-refractivity contribution in [3.8, 4) is 5.75 Å². The molecule has 0 amide bonds. The highest BCUT2D eigenvalue weighted by atomic mass is 16.5. The molecule has 0 unspecified atom stereocenters. The van der Waals surface area contributed by atoms with Crippen LogP contribution in [0.25, 0.3) is 0 Å². The molecule has 1 aliphatic rings. The number of hydrogen-bond donors (Lipinski definition) is 3. The molecule has 0 saturated carbocycles. The molecule has 1 aliphatic heterocycles. The third kappa shape index (κ3) is 5.74. The van der Waals surface area contributed by atoms with Crippen molar-refractivity contribution in [2.75, 3.05) is 23.4 Å². The Hall–Kier alpha value is -2.73. The summed E-state index contributed by atoms with van der Waals surface area (Å²) in [6.45, 7) is 9.20. The number of carboxylic acid groups (broad SMARTS) is 1. The van der Waals surface area contributed by atoms with Gasteiger partial charge in [0.25, 0.3) is 0 Å². The molecule has 32 heavy (non-hydrogen) atoms. The van der Waals surface area contributed by atoms with E-state index < -0.39 is 11.6 Å². The molecule has 2 aromatic rings. The summed E-state index contributed by atoms with van der Waals surface area (Å²) in [6.07, 6.45) is 2.82. The molecule has 0 spiro atoms. The zero-order valence-corrected chi connectivity index (χ0v) is 19.6. The van der Waals surface area contributed by atoms with E-state index in [2.05, 4.69) is 22.3 Å². The number of aliphatic hydroxyl groups is 1. The first kappa shape index (κ1) is 23.9. The van der Waals surface area contributed by atoms with Crippen LogP contribution in [0.5, 0.6) is 5.75 Å². The van der Waals surface area contributed by atoms with Crippen LogP contribution in [0.2, 0.25) is 0 Å². The summed E-state index contributed by atoms with van der Waals surface area (Å²) in [5.41, 5.74) is 3.06. The van der Waals surface area contributed by atoms with Crippen LogP contribution in [0.1, 0.15) is 64.9 Å². The lowest BCUT2D eigenvalue weighted by Crippen LogP contribution is -2.46. The summed E-state index contributed by atoms with van der Waals surface area (Å²) in [5.74, 6) is -0.0177. The van der Waals surface area contributed by atoms with Crippen molar-refractivity contribution < 1.29 is 19.7 Å². The Morgan fingerprint density at radius 2 is 1.94 bits per heavy atom. The zero-order valence-electron chi connectivity index (χ0n) is 19.6. The van der Waals surface area contributed by atoms with Crippen molar-refractivity contribution in [1.82, 2.24) is 0 Å². The van der Waals surface area contributed by atoms with E-state index in [1.807, 2.05) is 58.0 Å². The van der Waals surface area contributed by atoms with Gasteiger partial charge in [-0.1, -0.05) is 13.0 Å². The molecule has 3 rings (SSSR count). The fraction of sp³-hybridized carbons (Fsp3) is 0.500. The first-order valence-corrected chi connectivity index (χ1v) is 11.6. The maximum absolute atomic E-state index is 11.4. The molecule has 6 nitrogen and oxygen atoms in total. The second-order valence-electron chi connectivity index (χ2n) is 9.07. The fourth-order valence-corrected chi connectivity index (χ4v) is 4.61. The number of carboxylic acids is 1. The monoisotopic (exact) mass is 440 g/mol. The smallest absolute Gasteiger partial charge is 0.303 e. The van der Waals surface area contributed by atoms with E-state index in [0.29, 0.717) is 6.61 Å². The minimum absolute atomic E-state index is 0.0234. The van der Waals surface area contributed by atoms with Crippen molar-refractivity contribution >= 4 is 23.0 Å². The summed E-state index contributed by atoms with van der Waals surface area (Å²) in [5, 5.41) is 23.6. The van der Waals surface area contributed by atoms with Crippen molar-refractivity contribution in [3.63, 3.8) is 0 Å². The molecule has 0 bridgehead atoms. The third-order valence-corrected chi connectivity index (χ3v) is 6.23. The summed E-state index contributed by atoms with van der Waals surface area (Å²) >= 11 is 0. The van der Waals surface area contributed by atoms with Crippen LogP contribution in [0.15, 0.2) is 42.5 Å². The average molecular weight is 441 g/mol. The fourth-order valence-electron chi connectivity index (χ4n) is 4.61. The number of benzene rings is 2. The topological polar surface area (TPSA) is 82.0 Å². The summed E-state index contributed by atoms with van der Waals surface area (Å²) < 4.78 is 5.55. The van der Waals surface area contributed by atoms with Gasteiger partial charge < -0.3 is 25.2 Å². The predicted molar refractivity (Wildman–Crippen MR) is 129 cm³/mol. The van der Waals surface area contributed by atoms with Crippen LogP contribution in [0.4, 0.5) is 17.1 Å². The number of aliphatic carboxylic acids is 1. The van der Waals surface area contributed by atoms with E-state index in [0.717, 1.165) is 54.2 Å². The highest BCUT2D eigenvalue weighted by molar-refractivity contribution is 5.77. The van der Waals surface area contributed by atoms with Gasteiger partial charge in [-0.2, -0.15) is 0 Å².